The molecule has 1 aromatic heterocycles. The van der Waals surface area contributed by atoms with Crippen molar-refractivity contribution in [1.82, 2.24) is 0 Å². The fourth-order valence-corrected chi connectivity index (χ4v) is 4.60. The third-order valence-corrected chi connectivity index (χ3v) is 7.57. The molecule has 0 aliphatic rings. The first-order valence-corrected chi connectivity index (χ1v) is 14.8. The summed E-state index contributed by atoms with van der Waals surface area (Å²) in [5, 5.41) is 31.4. The maximum atomic E-state index is 12.2. The number of aliphatic hydroxyl groups is 3. The van der Waals surface area contributed by atoms with Crippen LogP contribution >= 0.6 is 0 Å². The zero-order chi connectivity index (χ0) is 30.2. The largest absolute Gasteiger partial charge is 0.428 e. The maximum absolute atomic E-state index is 12.2. The molecule has 0 aliphatic carbocycles. The summed E-state index contributed by atoms with van der Waals surface area (Å²) in [4.78, 5) is 12.2. The Morgan fingerprint density at radius 3 is 2.27 bits per heavy atom. The van der Waals surface area contributed by atoms with E-state index in [1.54, 1.807) is 0 Å². The molecule has 5 heteroatoms. The highest BCUT2D eigenvalue weighted by atomic mass is 16.4. The van der Waals surface area contributed by atoms with Crippen LogP contribution in [0.15, 0.2) is 79.6 Å². The van der Waals surface area contributed by atoms with Crippen molar-refractivity contribution >= 4 is 0 Å². The zero-order valence-corrected chi connectivity index (χ0v) is 26.2. The van der Waals surface area contributed by atoms with Crippen LogP contribution < -0.4 is 5.63 Å². The van der Waals surface area contributed by atoms with Gasteiger partial charge < -0.3 is 19.7 Å². The summed E-state index contributed by atoms with van der Waals surface area (Å²) in [5.41, 5.74) is 5.70. The van der Waals surface area contributed by atoms with Crippen LogP contribution in [0.5, 0.6) is 0 Å². The lowest BCUT2D eigenvalue weighted by molar-refractivity contribution is 0.0415. The predicted molar refractivity (Wildman–Crippen MR) is 167 cm³/mol. The number of hydrogen-bond acceptors (Lipinski definition) is 5. The number of aliphatic hydroxyl groups excluding tert-OH is 3. The molecule has 0 saturated carbocycles. The molecule has 0 radical (unpaired) electrons. The van der Waals surface area contributed by atoms with Gasteiger partial charge in [0.05, 0.1) is 18.3 Å². The molecule has 0 aromatic carbocycles. The molecule has 1 aromatic rings. The third kappa shape index (κ3) is 13.3. The Kier molecular flexibility index (Phi) is 16.7. The van der Waals surface area contributed by atoms with Gasteiger partial charge in [0.15, 0.2) is 0 Å². The fraction of sp³-hybridized carbons (Fsp3) is 0.571. The Balaban J connectivity index is 2.62. The highest BCUT2D eigenvalue weighted by Gasteiger charge is 2.22. The Labute approximate surface area is 242 Å². The summed E-state index contributed by atoms with van der Waals surface area (Å²) < 4.78 is 5.45. The average Bonchev–Trinajstić information content (AvgIpc) is 2.91. The van der Waals surface area contributed by atoms with E-state index in [1.807, 2.05) is 65.0 Å². The summed E-state index contributed by atoms with van der Waals surface area (Å²) in [6.07, 6.45) is 14.5. The van der Waals surface area contributed by atoms with E-state index in [0.29, 0.717) is 17.7 Å². The van der Waals surface area contributed by atoms with Gasteiger partial charge in [0, 0.05) is 17.9 Å². The van der Waals surface area contributed by atoms with Crippen LogP contribution in [0, 0.1) is 5.92 Å². The molecule has 0 spiro atoms. The predicted octanol–water partition coefficient (Wildman–Crippen LogP) is 7.56. The van der Waals surface area contributed by atoms with Crippen LogP contribution in [-0.2, 0) is 12.8 Å². The minimum atomic E-state index is -0.696. The Morgan fingerprint density at radius 2 is 1.65 bits per heavy atom. The van der Waals surface area contributed by atoms with Crippen LogP contribution in [-0.4, -0.2) is 33.6 Å². The standard InChI is InChI=1S/C35H54O5/c1-9-11-12-16-30-18-19-31(40-35(30)39)23-33(37)28(7)15-13-14-24(3)21-26(5)22-25(4)17-20-32(36)29(8)34(38)27(6)10-2/h10,14-15,17-19,22,29,32-34,36-38H,9,11-13,16,20-21,23H2,1-8H3/b24-14+,25-17+,26-22+,27-10+,28-15+/t29-,32-,33+,34-/m1/s1. The van der Waals surface area contributed by atoms with E-state index in [9.17, 15) is 20.1 Å². The van der Waals surface area contributed by atoms with Gasteiger partial charge in [-0.15, -0.1) is 0 Å². The second-order valence-corrected chi connectivity index (χ2v) is 11.4. The maximum Gasteiger partial charge on any atom is 0.339 e. The minimum absolute atomic E-state index is 0.232. The van der Waals surface area contributed by atoms with Gasteiger partial charge in [0.1, 0.15) is 5.76 Å². The van der Waals surface area contributed by atoms with E-state index in [1.165, 1.54) is 11.1 Å². The van der Waals surface area contributed by atoms with Crippen LogP contribution in [0.1, 0.15) is 105 Å². The van der Waals surface area contributed by atoms with Crippen LogP contribution in [0.2, 0.25) is 0 Å². The lowest BCUT2D eigenvalue weighted by Gasteiger charge is -2.24. The van der Waals surface area contributed by atoms with E-state index in [2.05, 4.69) is 32.9 Å². The molecule has 0 aliphatic heterocycles. The van der Waals surface area contributed by atoms with Crippen molar-refractivity contribution in [3.05, 3.63) is 92.1 Å². The quantitative estimate of drug-likeness (QED) is 0.105. The number of allylic oxidation sites excluding steroid dienone is 7. The van der Waals surface area contributed by atoms with Gasteiger partial charge in [-0.25, -0.2) is 4.79 Å². The summed E-state index contributed by atoms with van der Waals surface area (Å²) >= 11 is 0. The summed E-state index contributed by atoms with van der Waals surface area (Å²) in [6.45, 7) is 15.9. The highest BCUT2D eigenvalue weighted by Crippen LogP contribution is 2.20. The summed E-state index contributed by atoms with van der Waals surface area (Å²) in [6, 6.07) is 3.64. The van der Waals surface area contributed by atoms with Gasteiger partial charge in [-0.1, -0.05) is 73.8 Å². The van der Waals surface area contributed by atoms with Crippen molar-refractivity contribution in [2.75, 3.05) is 0 Å². The minimum Gasteiger partial charge on any atom is -0.428 e. The second kappa shape index (κ2) is 18.8. The summed E-state index contributed by atoms with van der Waals surface area (Å²) in [7, 11) is 0. The summed E-state index contributed by atoms with van der Waals surface area (Å²) in [5.74, 6) is 0.274. The van der Waals surface area contributed by atoms with Crippen molar-refractivity contribution in [3.8, 4) is 0 Å². The Morgan fingerprint density at radius 1 is 0.950 bits per heavy atom. The third-order valence-electron chi connectivity index (χ3n) is 7.57. The molecule has 0 unspecified atom stereocenters. The molecule has 0 amide bonds. The highest BCUT2D eigenvalue weighted by molar-refractivity contribution is 5.25. The van der Waals surface area contributed by atoms with Crippen molar-refractivity contribution in [2.45, 2.75) is 125 Å². The Hall–Kier alpha value is -2.47. The lowest BCUT2D eigenvalue weighted by atomic mass is 9.91. The molecule has 40 heavy (non-hydrogen) atoms. The van der Waals surface area contributed by atoms with Crippen molar-refractivity contribution < 1.29 is 19.7 Å². The molecule has 1 heterocycles. The lowest BCUT2D eigenvalue weighted by Crippen LogP contribution is -2.29. The van der Waals surface area contributed by atoms with Crippen molar-refractivity contribution in [2.24, 2.45) is 5.92 Å². The van der Waals surface area contributed by atoms with Gasteiger partial charge in [-0.3, -0.25) is 0 Å². The van der Waals surface area contributed by atoms with Gasteiger partial charge in [-0.05, 0) is 96.9 Å². The SMILES string of the molecule is C/C=C(\C)[C@@H](O)[C@H](C)[C@H](O)C/C=C(C)/C=C(\C)C/C(C)=C/C/C=C(\C)[C@@H](O)Cc1ccc(CCCCC)c(=O)o1. The van der Waals surface area contributed by atoms with Gasteiger partial charge in [0.25, 0.3) is 0 Å². The van der Waals surface area contributed by atoms with Crippen LogP contribution in [0.25, 0.3) is 0 Å². The number of unbranched alkanes of at least 4 members (excludes halogenated alkanes) is 2. The zero-order valence-electron chi connectivity index (χ0n) is 26.2. The van der Waals surface area contributed by atoms with E-state index < -0.39 is 18.3 Å². The molecular weight excluding hydrogens is 500 g/mol. The molecule has 3 N–H and O–H groups in total. The number of aryl methyl sites for hydroxylation is 1. The molecule has 0 saturated heterocycles. The topological polar surface area (TPSA) is 90.9 Å². The molecule has 1 rings (SSSR count). The van der Waals surface area contributed by atoms with E-state index in [4.69, 9.17) is 4.42 Å². The van der Waals surface area contributed by atoms with E-state index in [0.717, 1.165) is 55.2 Å². The van der Waals surface area contributed by atoms with Gasteiger partial charge in [-0.2, -0.15) is 0 Å². The molecule has 0 bridgehead atoms. The normalized spacial score (nSPS) is 17.1. The van der Waals surface area contributed by atoms with Gasteiger partial charge in [0.2, 0.25) is 0 Å². The molecule has 4 atom stereocenters. The van der Waals surface area contributed by atoms with Gasteiger partial charge >= 0.3 is 5.63 Å². The van der Waals surface area contributed by atoms with Crippen molar-refractivity contribution in [3.63, 3.8) is 0 Å². The van der Waals surface area contributed by atoms with E-state index >= 15 is 0 Å². The van der Waals surface area contributed by atoms with Crippen molar-refractivity contribution in [1.29, 1.82) is 0 Å². The van der Waals surface area contributed by atoms with E-state index in [-0.39, 0.29) is 18.0 Å². The average molecular weight is 555 g/mol. The molecule has 0 fully saturated rings. The van der Waals surface area contributed by atoms with Crippen LogP contribution in [0.4, 0.5) is 0 Å². The first kappa shape index (κ1) is 35.6. The first-order valence-electron chi connectivity index (χ1n) is 14.8. The van der Waals surface area contributed by atoms with Crippen LogP contribution in [0.3, 0.4) is 0 Å². The smallest absolute Gasteiger partial charge is 0.339 e. The molecule has 5 nitrogen and oxygen atoms in total. The number of hydrogen-bond donors (Lipinski definition) is 3. The molecular formula is C35H54O5. The second-order valence-electron chi connectivity index (χ2n) is 11.4. The monoisotopic (exact) mass is 554 g/mol. The molecule has 224 valence electrons. The first-order chi connectivity index (χ1) is 18.9. The number of rotatable bonds is 17. The fourth-order valence-electron chi connectivity index (χ4n) is 4.60. The Bertz CT molecular complexity index is 1110.